The number of nitrogens with zero attached hydrogens (tertiary/aromatic N) is 2. The van der Waals surface area contributed by atoms with Crippen molar-refractivity contribution in [2.75, 3.05) is 18.5 Å². The van der Waals surface area contributed by atoms with E-state index in [4.69, 9.17) is 16.3 Å². The van der Waals surface area contributed by atoms with Crippen molar-refractivity contribution in [3.63, 3.8) is 0 Å². The van der Waals surface area contributed by atoms with Crippen LogP contribution in [-0.2, 0) is 6.54 Å². The SMILES string of the molecule is FC(F)(F)Cn1cc(NCC2=Cc3cc(Cl)ccc3OC2)cn1. The number of anilines is 1. The van der Waals surface area contributed by atoms with Gasteiger partial charge in [-0.1, -0.05) is 11.6 Å². The molecule has 0 aliphatic carbocycles. The first-order valence-electron chi connectivity index (χ1n) is 6.84. The quantitative estimate of drug-likeness (QED) is 0.912. The number of benzene rings is 1. The smallest absolute Gasteiger partial charge is 0.408 e. The van der Waals surface area contributed by atoms with Crippen LogP contribution < -0.4 is 10.1 Å². The third kappa shape index (κ3) is 4.19. The van der Waals surface area contributed by atoms with E-state index >= 15 is 0 Å². The molecule has 0 bridgehead atoms. The summed E-state index contributed by atoms with van der Waals surface area (Å²) in [6.07, 6.45) is 0.354. The van der Waals surface area contributed by atoms with Crippen molar-refractivity contribution in [2.45, 2.75) is 12.7 Å². The molecule has 122 valence electrons. The lowest BCUT2D eigenvalue weighted by Gasteiger charge is -2.18. The van der Waals surface area contributed by atoms with Crippen molar-refractivity contribution < 1.29 is 17.9 Å². The lowest BCUT2D eigenvalue weighted by Crippen LogP contribution is -2.18. The van der Waals surface area contributed by atoms with Gasteiger partial charge in [-0.05, 0) is 29.8 Å². The molecule has 0 saturated heterocycles. The summed E-state index contributed by atoms with van der Waals surface area (Å²) in [5.74, 6) is 0.760. The molecule has 8 heteroatoms. The Morgan fingerprint density at radius 3 is 2.96 bits per heavy atom. The minimum Gasteiger partial charge on any atom is -0.489 e. The van der Waals surface area contributed by atoms with Crippen LogP contribution >= 0.6 is 11.6 Å². The average molecular weight is 344 g/mol. The molecular formula is C15H13ClF3N3O. The molecule has 1 aliphatic heterocycles. The molecule has 1 aromatic heterocycles. The molecule has 23 heavy (non-hydrogen) atoms. The van der Waals surface area contributed by atoms with E-state index in [0.29, 0.717) is 23.9 Å². The van der Waals surface area contributed by atoms with E-state index in [-0.39, 0.29) is 0 Å². The highest BCUT2D eigenvalue weighted by Gasteiger charge is 2.28. The first-order chi connectivity index (χ1) is 10.9. The fourth-order valence-corrected chi connectivity index (χ4v) is 2.42. The van der Waals surface area contributed by atoms with Crippen LogP contribution in [0.5, 0.6) is 5.75 Å². The zero-order valence-electron chi connectivity index (χ0n) is 11.9. The van der Waals surface area contributed by atoms with Gasteiger partial charge in [0.25, 0.3) is 0 Å². The molecule has 0 radical (unpaired) electrons. The van der Waals surface area contributed by atoms with E-state index in [1.54, 1.807) is 18.2 Å². The summed E-state index contributed by atoms with van der Waals surface area (Å²) >= 11 is 5.95. The van der Waals surface area contributed by atoms with Crippen molar-refractivity contribution >= 4 is 23.4 Å². The maximum absolute atomic E-state index is 12.3. The van der Waals surface area contributed by atoms with Gasteiger partial charge >= 0.3 is 6.18 Å². The highest BCUT2D eigenvalue weighted by Crippen LogP contribution is 2.29. The van der Waals surface area contributed by atoms with Gasteiger partial charge in [0, 0.05) is 23.3 Å². The lowest BCUT2D eigenvalue weighted by atomic mass is 10.1. The minimum absolute atomic E-state index is 0.415. The first kappa shape index (κ1) is 15.7. The van der Waals surface area contributed by atoms with Gasteiger partial charge in [-0.2, -0.15) is 18.3 Å². The Morgan fingerprint density at radius 2 is 2.17 bits per heavy atom. The Hall–Kier alpha value is -2.15. The van der Waals surface area contributed by atoms with Crippen LogP contribution in [0.15, 0.2) is 36.2 Å². The lowest BCUT2D eigenvalue weighted by molar-refractivity contribution is -0.142. The molecule has 3 rings (SSSR count). The van der Waals surface area contributed by atoms with E-state index in [0.717, 1.165) is 21.6 Å². The second-order valence-electron chi connectivity index (χ2n) is 5.17. The second-order valence-corrected chi connectivity index (χ2v) is 5.61. The van der Waals surface area contributed by atoms with Gasteiger partial charge in [0.05, 0.1) is 11.9 Å². The van der Waals surface area contributed by atoms with Crippen LogP contribution in [-0.4, -0.2) is 29.1 Å². The fourth-order valence-electron chi connectivity index (χ4n) is 2.24. The van der Waals surface area contributed by atoms with Crippen LogP contribution in [0.3, 0.4) is 0 Å². The van der Waals surface area contributed by atoms with Gasteiger partial charge in [-0.3, -0.25) is 4.68 Å². The molecule has 2 heterocycles. The van der Waals surface area contributed by atoms with Crippen LogP contribution in [0, 0.1) is 0 Å². The van der Waals surface area contributed by atoms with Gasteiger partial charge in [-0.15, -0.1) is 0 Å². The fraction of sp³-hybridized carbons (Fsp3) is 0.267. The van der Waals surface area contributed by atoms with Crippen molar-refractivity contribution in [2.24, 2.45) is 0 Å². The number of ether oxygens (including phenoxy) is 1. The van der Waals surface area contributed by atoms with Gasteiger partial charge in [0.2, 0.25) is 0 Å². The molecule has 0 unspecified atom stereocenters. The second kappa shape index (κ2) is 6.16. The third-order valence-electron chi connectivity index (χ3n) is 3.24. The standard InChI is InChI=1S/C15H13ClF3N3O/c16-12-1-2-14-11(4-12)3-10(8-23-14)5-20-13-6-21-22(7-13)9-15(17,18)19/h1-4,6-7,20H,5,8-9H2. The first-order valence-corrected chi connectivity index (χ1v) is 7.22. The van der Waals surface area contributed by atoms with Crippen molar-refractivity contribution in [1.29, 1.82) is 0 Å². The summed E-state index contributed by atoms with van der Waals surface area (Å²) in [6, 6.07) is 5.36. The number of hydrogen-bond donors (Lipinski definition) is 1. The van der Waals surface area contributed by atoms with Crippen molar-refractivity contribution in [3.8, 4) is 5.75 Å². The summed E-state index contributed by atoms with van der Waals surface area (Å²) in [7, 11) is 0. The van der Waals surface area contributed by atoms with Gasteiger partial charge in [0.15, 0.2) is 0 Å². The maximum Gasteiger partial charge on any atom is 0.408 e. The van der Waals surface area contributed by atoms with E-state index in [1.165, 1.54) is 12.4 Å². The monoisotopic (exact) mass is 343 g/mol. The van der Waals surface area contributed by atoms with Gasteiger partial charge < -0.3 is 10.1 Å². The maximum atomic E-state index is 12.3. The molecule has 1 aliphatic rings. The summed E-state index contributed by atoms with van der Waals surface area (Å²) in [5.41, 5.74) is 2.36. The van der Waals surface area contributed by atoms with E-state index in [1.807, 2.05) is 6.08 Å². The molecule has 0 fully saturated rings. The molecule has 4 nitrogen and oxygen atoms in total. The number of nitrogens with one attached hydrogen (secondary N) is 1. The molecule has 1 aromatic carbocycles. The van der Waals surface area contributed by atoms with Crippen LogP contribution in [0.4, 0.5) is 18.9 Å². The molecule has 2 aromatic rings. The zero-order valence-corrected chi connectivity index (χ0v) is 12.7. The Kier molecular flexibility index (Phi) is 4.21. The Labute approximate surface area is 135 Å². The van der Waals surface area contributed by atoms with Gasteiger partial charge in [-0.25, -0.2) is 0 Å². The third-order valence-corrected chi connectivity index (χ3v) is 3.47. The zero-order chi connectivity index (χ0) is 16.4. The van der Waals surface area contributed by atoms with Crippen LogP contribution in [0.1, 0.15) is 5.56 Å². The van der Waals surface area contributed by atoms with E-state index in [2.05, 4.69) is 10.4 Å². The predicted molar refractivity (Wildman–Crippen MR) is 81.7 cm³/mol. The molecular weight excluding hydrogens is 331 g/mol. The van der Waals surface area contributed by atoms with Crippen molar-refractivity contribution in [1.82, 2.24) is 9.78 Å². The van der Waals surface area contributed by atoms with Crippen LogP contribution in [0.25, 0.3) is 6.08 Å². The Bertz CT molecular complexity index is 740. The van der Waals surface area contributed by atoms with E-state index in [9.17, 15) is 13.2 Å². The highest BCUT2D eigenvalue weighted by atomic mass is 35.5. The molecule has 0 saturated carbocycles. The summed E-state index contributed by atoms with van der Waals surface area (Å²) < 4.78 is 43.3. The molecule has 1 N–H and O–H groups in total. The topological polar surface area (TPSA) is 39.1 Å². The number of aromatic nitrogens is 2. The Morgan fingerprint density at radius 1 is 1.35 bits per heavy atom. The molecule has 0 atom stereocenters. The number of halogens is 4. The predicted octanol–water partition coefficient (Wildman–Crippen LogP) is 3.99. The number of hydrogen-bond acceptors (Lipinski definition) is 3. The average Bonchev–Trinajstić information content (AvgIpc) is 2.90. The van der Waals surface area contributed by atoms with Crippen LogP contribution in [0.2, 0.25) is 5.02 Å². The number of fused-ring (bicyclic) bond motifs is 1. The molecule has 0 amide bonds. The summed E-state index contributed by atoms with van der Waals surface area (Å²) in [4.78, 5) is 0. The normalized spacial score (nSPS) is 14.0. The highest BCUT2D eigenvalue weighted by molar-refractivity contribution is 6.30. The number of rotatable bonds is 4. The van der Waals surface area contributed by atoms with Crippen molar-refractivity contribution in [3.05, 3.63) is 46.8 Å². The van der Waals surface area contributed by atoms with E-state index < -0.39 is 12.7 Å². The Balaban J connectivity index is 1.63. The number of alkyl halides is 3. The minimum atomic E-state index is -4.29. The summed E-state index contributed by atoms with van der Waals surface area (Å²) in [6.45, 7) is -0.242. The summed E-state index contributed by atoms with van der Waals surface area (Å²) in [5, 5.41) is 7.33. The largest absolute Gasteiger partial charge is 0.489 e. The molecule has 0 spiro atoms. The van der Waals surface area contributed by atoms with Gasteiger partial charge in [0.1, 0.15) is 18.9 Å².